The van der Waals surface area contributed by atoms with Gasteiger partial charge in [-0.05, 0) is 31.5 Å². The lowest BCUT2D eigenvalue weighted by Crippen LogP contribution is -2.57. The Morgan fingerprint density at radius 3 is 2.80 bits per heavy atom. The molecule has 7 nitrogen and oxygen atoms in total. The summed E-state index contributed by atoms with van der Waals surface area (Å²) < 4.78 is 16.0. The molecule has 2 aliphatic heterocycles. The molecule has 1 N–H and O–H groups in total. The SMILES string of the molecule is COCC1(C)Oc2ccc(C(=O)OC)cc2C(N2CCCC2=O)C1O. The number of methoxy groups -OCH3 is 2. The van der Waals surface area contributed by atoms with Gasteiger partial charge in [0.1, 0.15) is 11.9 Å². The van der Waals surface area contributed by atoms with Crippen LogP contribution >= 0.6 is 0 Å². The van der Waals surface area contributed by atoms with Gasteiger partial charge in [-0.25, -0.2) is 4.79 Å². The maximum Gasteiger partial charge on any atom is 0.337 e. The number of rotatable bonds is 4. The number of benzene rings is 1. The molecule has 3 unspecified atom stereocenters. The molecule has 2 aliphatic rings. The average molecular weight is 349 g/mol. The molecule has 1 amide bonds. The van der Waals surface area contributed by atoms with Crippen molar-refractivity contribution in [2.75, 3.05) is 27.4 Å². The fourth-order valence-electron chi connectivity index (χ4n) is 3.64. The molecule has 0 spiro atoms. The molecule has 1 aromatic rings. The van der Waals surface area contributed by atoms with E-state index in [-0.39, 0.29) is 12.5 Å². The van der Waals surface area contributed by atoms with Crippen molar-refractivity contribution >= 4 is 11.9 Å². The molecule has 3 rings (SSSR count). The number of hydrogen-bond donors (Lipinski definition) is 1. The van der Waals surface area contributed by atoms with E-state index in [1.54, 1.807) is 30.0 Å². The second-order valence-electron chi connectivity index (χ2n) is 6.67. The van der Waals surface area contributed by atoms with Crippen LogP contribution in [0.1, 0.15) is 41.7 Å². The quantitative estimate of drug-likeness (QED) is 0.825. The highest BCUT2D eigenvalue weighted by molar-refractivity contribution is 5.90. The van der Waals surface area contributed by atoms with Crippen molar-refractivity contribution in [2.45, 2.75) is 37.5 Å². The molecule has 0 aromatic heterocycles. The molecular formula is C18H23NO6. The number of aliphatic hydroxyl groups excluding tert-OH is 1. The van der Waals surface area contributed by atoms with Crippen LogP contribution in [0.4, 0.5) is 0 Å². The summed E-state index contributed by atoms with van der Waals surface area (Å²) in [5.74, 6) is 0.0383. The highest BCUT2D eigenvalue weighted by Crippen LogP contribution is 2.44. The molecule has 25 heavy (non-hydrogen) atoms. The van der Waals surface area contributed by atoms with Crippen LogP contribution in [-0.4, -0.2) is 61.0 Å². The number of likely N-dealkylation sites (tertiary alicyclic amines) is 1. The standard InChI is InChI=1S/C18H23NO6/c1-18(10-23-2)16(21)15(19-8-4-5-14(19)20)12-9-11(17(22)24-3)6-7-13(12)25-18/h6-7,9,15-16,21H,4-5,8,10H2,1-3H3. The maximum absolute atomic E-state index is 12.3. The lowest BCUT2D eigenvalue weighted by molar-refractivity contribution is -0.148. The number of aliphatic hydroxyl groups is 1. The number of carbonyl (C=O) groups is 2. The molecule has 7 heteroatoms. The van der Waals surface area contributed by atoms with Gasteiger partial charge < -0.3 is 24.2 Å². The number of esters is 1. The molecule has 3 atom stereocenters. The fourth-order valence-corrected chi connectivity index (χ4v) is 3.64. The van der Waals surface area contributed by atoms with Gasteiger partial charge in [0, 0.05) is 25.6 Å². The zero-order valence-corrected chi connectivity index (χ0v) is 14.7. The zero-order chi connectivity index (χ0) is 18.2. The van der Waals surface area contributed by atoms with Crippen LogP contribution < -0.4 is 4.74 Å². The van der Waals surface area contributed by atoms with Gasteiger partial charge in [0.2, 0.25) is 5.91 Å². The highest BCUT2D eigenvalue weighted by atomic mass is 16.6. The molecule has 1 saturated heterocycles. The third-order valence-corrected chi connectivity index (χ3v) is 4.89. The van der Waals surface area contributed by atoms with Crippen LogP contribution in [0, 0.1) is 0 Å². The lowest BCUT2D eigenvalue weighted by atomic mass is 9.84. The summed E-state index contributed by atoms with van der Waals surface area (Å²) in [5, 5.41) is 11.0. The van der Waals surface area contributed by atoms with Gasteiger partial charge in [-0.3, -0.25) is 4.79 Å². The molecule has 0 bridgehead atoms. The zero-order valence-electron chi connectivity index (χ0n) is 14.7. The van der Waals surface area contributed by atoms with E-state index in [0.29, 0.717) is 29.8 Å². The Labute approximate surface area is 146 Å². The van der Waals surface area contributed by atoms with E-state index in [4.69, 9.17) is 14.2 Å². The summed E-state index contributed by atoms with van der Waals surface area (Å²) >= 11 is 0. The Kier molecular flexibility index (Phi) is 4.71. The van der Waals surface area contributed by atoms with E-state index in [9.17, 15) is 14.7 Å². The molecule has 0 aliphatic carbocycles. The lowest BCUT2D eigenvalue weighted by Gasteiger charge is -2.46. The van der Waals surface area contributed by atoms with Crippen molar-refractivity contribution in [3.05, 3.63) is 29.3 Å². The minimum absolute atomic E-state index is 0.0138. The molecule has 0 radical (unpaired) electrons. The van der Waals surface area contributed by atoms with E-state index in [0.717, 1.165) is 6.42 Å². The van der Waals surface area contributed by atoms with Crippen LogP contribution in [0.15, 0.2) is 18.2 Å². The summed E-state index contributed by atoms with van der Waals surface area (Å²) in [4.78, 5) is 25.9. The molecule has 136 valence electrons. The van der Waals surface area contributed by atoms with Crippen molar-refractivity contribution in [2.24, 2.45) is 0 Å². The topological polar surface area (TPSA) is 85.3 Å². The minimum Gasteiger partial charge on any atom is -0.482 e. The number of carbonyl (C=O) groups excluding carboxylic acids is 2. The van der Waals surface area contributed by atoms with E-state index in [2.05, 4.69) is 0 Å². The first kappa shape index (κ1) is 17.7. The van der Waals surface area contributed by atoms with Crippen LogP contribution in [0.25, 0.3) is 0 Å². The van der Waals surface area contributed by atoms with Crippen LogP contribution in [-0.2, 0) is 14.3 Å². The number of ether oxygens (including phenoxy) is 3. The first-order valence-electron chi connectivity index (χ1n) is 8.29. The average Bonchev–Trinajstić information content (AvgIpc) is 3.01. The number of amides is 1. The van der Waals surface area contributed by atoms with Gasteiger partial charge in [0.05, 0.1) is 25.3 Å². The Bertz CT molecular complexity index is 690. The maximum atomic E-state index is 12.3. The largest absolute Gasteiger partial charge is 0.482 e. The van der Waals surface area contributed by atoms with Gasteiger partial charge in [-0.1, -0.05) is 0 Å². The third-order valence-electron chi connectivity index (χ3n) is 4.89. The van der Waals surface area contributed by atoms with Crippen LogP contribution in [0.3, 0.4) is 0 Å². The Hall–Kier alpha value is -2.12. The second kappa shape index (κ2) is 6.65. The van der Waals surface area contributed by atoms with Crippen LogP contribution in [0.5, 0.6) is 5.75 Å². The van der Waals surface area contributed by atoms with E-state index >= 15 is 0 Å². The predicted octanol–water partition coefficient (Wildman–Crippen LogP) is 1.30. The Morgan fingerprint density at radius 1 is 1.44 bits per heavy atom. The fraction of sp³-hybridized carbons (Fsp3) is 0.556. The van der Waals surface area contributed by atoms with E-state index < -0.39 is 23.7 Å². The smallest absolute Gasteiger partial charge is 0.337 e. The molecule has 1 aromatic carbocycles. The van der Waals surface area contributed by atoms with Gasteiger partial charge in [-0.2, -0.15) is 0 Å². The first-order chi connectivity index (χ1) is 11.9. The normalized spacial score (nSPS) is 28.5. The monoisotopic (exact) mass is 349 g/mol. The molecular weight excluding hydrogens is 326 g/mol. The highest BCUT2D eigenvalue weighted by Gasteiger charge is 2.50. The Morgan fingerprint density at radius 2 is 2.20 bits per heavy atom. The summed E-state index contributed by atoms with van der Waals surface area (Å²) in [6, 6.07) is 4.32. The summed E-state index contributed by atoms with van der Waals surface area (Å²) in [5.41, 5.74) is -0.0366. The molecule has 1 fully saturated rings. The second-order valence-corrected chi connectivity index (χ2v) is 6.67. The first-order valence-corrected chi connectivity index (χ1v) is 8.29. The van der Waals surface area contributed by atoms with E-state index in [1.807, 2.05) is 0 Å². The molecule has 0 saturated carbocycles. The van der Waals surface area contributed by atoms with Crippen molar-refractivity contribution in [1.82, 2.24) is 4.90 Å². The summed E-state index contributed by atoms with van der Waals surface area (Å²) in [7, 11) is 2.84. The van der Waals surface area contributed by atoms with Crippen molar-refractivity contribution in [1.29, 1.82) is 0 Å². The van der Waals surface area contributed by atoms with Gasteiger partial charge in [0.15, 0.2) is 5.60 Å². The van der Waals surface area contributed by atoms with Crippen LogP contribution in [0.2, 0.25) is 0 Å². The number of hydrogen-bond acceptors (Lipinski definition) is 6. The van der Waals surface area contributed by atoms with Gasteiger partial charge >= 0.3 is 5.97 Å². The van der Waals surface area contributed by atoms with E-state index in [1.165, 1.54) is 14.2 Å². The summed E-state index contributed by atoms with van der Waals surface area (Å²) in [6.45, 7) is 2.49. The van der Waals surface area contributed by atoms with Gasteiger partial charge in [0.25, 0.3) is 0 Å². The predicted molar refractivity (Wildman–Crippen MR) is 88.4 cm³/mol. The third kappa shape index (κ3) is 2.98. The van der Waals surface area contributed by atoms with Crippen molar-refractivity contribution in [3.8, 4) is 5.75 Å². The summed E-state index contributed by atoms with van der Waals surface area (Å²) in [6.07, 6.45) is 0.211. The molecule has 2 heterocycles. The minimum atomic E-state index is -0.998. The number of nitrogens with zero attached hydrogens (tertiary/aromatic N) is 1. The van der Waals surface area contributed by atoms with Crippen molar-refractivity contribution < 1.29 is 28.9 Å². The number of fused-ring (bicyclic) bond motifs is 1. The Balaban J connectivity index is 2.10. The van der Waals surface area contributed by atoms with Crippen molar-refractivity contribution in [3.63, 3.8) is 0 Å². The van der Waals surface area contributed by atoms with Gasteiger partial charge in [-0.15, -0.1) is 0 Å².